The maximum absolute atomic E-state index is 14.7. The molecule has 1 aliphatic rings. The molecule has 1 saturated heterocycles. The first-order chi connectivity index (χ1) is 41.0. The number of nitrogens with zero attached hydrogens (tertiary/aromatic N) is 5. The van der Waals surface area contributed by atoms with Crippen LogP contribution in [0.4, 0.5) is 4.79 Å². The zero-order valence-corrected chi connectivity index (χ0v) is 49.0. The van der Waals surface area contributed by atoms with Gasteiger partial charge >= 0.3 is 12.1 Å². The van der Waals surface area contributed by atoms with E-state index in [0.29, 0.717) is 29.7 Å². The molecule has 5 rings (SSSR count). The number of hydrogen-bond acceptors (Lipinski definition) is 15. The number of likely N-dealkylation sites (N-methyl/N-ethyl adjacent to an activating group) is 1. The molecule has 11 N–H and O–H groups in total. The van der Waals surface area contributed by atoms with Crippen molar-refractivity contribution in [2.24, 2.45) is 22.7 Å². The van der Waals surface area contributed by atoms with Crippen molar-refractivity contribution in [3.8, 4) is 5.75 Å². The Balaban J connectivity index is 1.33. The van der Waals surface area contributed by atoms with E-state index in [2.05, 4.69) is 52.3 Å². The van der Waals surface area contributed by atoms with Crippen molar-refractivity contribution >= 4 is 59.4 Å². The van der Waals surface area contributed by atoms with E-state index < -0.39 is 125 Å². The smallest absolute Gasteiger partial charge is 0.410 e. The third-order valence-corrected chi connectivity index (χ3v) is 14.1. The number of ether oxygens (including phenoxy) is 2. The van der Waals surface area contributed by atoms with E-state index >= 15 is 0 Å². The summed E-state index contributed by atoms with van der Waals surface area (Å²) >= 11 is 0. The lowest BCUT2D eigenvalue weighted by atomic mass is 9.96. The van der Waals surface area contributed by atoms with Crippen molar-refractivity contribution < 1.29 is 62.8 Å². The number of esters is 1. The molecule has 0 bridgehead atoms. The number of guanidine groups is 1. The Labute approximate surface area is 497 Å². The summed E-state index contributed by atoms with van der Waals surface area (Å²) in [5.41, 5.74) is 7.96. The summed E-state index contributed by atoms with van der Waals surface area (Å²) in [4.78, 5) is 146. The van der Waals surface area contributed by atoms with Gasteiger partial charge in [0.2, 0.25) is 41.4 Å². The maximum atomic E-state index is 14.7. The molecule has 3 aromatic carbocycles. The van der Waals surface area contributed by atoms with Crippen LogP contribution in [-0.4, -0.2) is 158 Å². The van der Waals surface area contributed by atoms with Crippen LogP contribution in [0.5, 0.6) is 5.75 Å². The highest BCUT2D eigenvalue weighted by atomic mass is 16.7. The maximum Gasteiger partial charge on any atom is 0.410 e. The number of aromatic amines is 1. The number of phenols is 1. The van der Waals surface area contributed by atoms with E-state index in [1.165, 1.54) is 55.7 Å². The number of hydrazone groups is 1. The van der Waals surface area contributed by atoms with Crippen molar-refractivity contribution in [1.29, 1.82) is 0 Å². The number of imidazole rings is 1. The molecular formula is C58H78N14O14. The molecule has 1 aliphatic heterocycles. The number of aromatic nitrogens is 2. The highest BCUT2D eigenvalue weighted by Crippen LogP contribution is 2.21. The summed E-state index contributed by atoms with van der Waals surface area (Å²) in [6, 6.07) is 14.8. The molecule has 0 saturated carbocycles. The highest BCUT2D eigenvalue weighted by molar-refractivity contribution is 5.98. The fourth-order valence-electron chi connectivity index (χ4n) is 9.15. The minimum Gasteiger partial charge on any atom is -0.508 e. The second-order valence-electron chi connectivity index (χ2n) is 21.2. The number of rotatable bonds is 31. The lowest BCUT2D eigenvalue weighted by Crippen LogP contribution is -2.62. The van der Waals surface area contributed by atoms with E-state index in [4.69, 9.17) is 15.2 Å². The Bertz CT molecular complexity index is 2950. The summed E-state index contributed by atoms with van der Waals surface area (Å²) < 4.78 is 10.7. The third-order valence-electron chi connectivity index (χ3n) is 14.1. The molecule has 0 aliphatic carbocycles. The first-order valence-electron chi connectivity index (χ1n) is 28.2. The van der Waals surface area contributed by atoms with Crippen LogP contribution < -0.4 is 43.0 Å². The molecule has 8 atom stereocenters. The number of benzene rings is 3. The molecule has 1 aromatic heterocycles. The van der Waals surface area contributed by atoms with E-state index in [1.54, 1.807) is 82.3 Å². The predicted octanol–water partition coefficient (Wildman–Crippen LogP) is 1.41. The van der Waals surface area contributed by atoms with Crippen molar-refractivity contribution in [2.75, 3.05) is 26.7 Å². The molecular weight excluding hydrogens is 1120 g/mol. The number of phenolic OH excluding ortho intramolecular Hbond substituents is 1. The van der Waals surface area contributed by atoms with E-state index in [0.717, 1.165) is 10.5 Å². The molecule has 86 heavy (non-hydrogen) atoms. The monoisotopic (exact) mass is 1190 g/mol. The molecule has 464 valence electrons. The van der Waals surface area contributed by atoms with Gasteiger partial charge in [0.15, 0.2) is 5.03 Å². The number of amides is 8. The number of carbonyl (C=O) groups excluding carboxylic acids is 9. The van der Waals surface area contributed by atoms with Gasteiger partial charge in [-0.2, -0.15) is 0 Å². The van der Waals surface area contributed by atoms with E-state index in [1.807, 2.05) is 6.07 Å². The molecule has 1 fully saturated rings. The first-order valence-corrected chi connectivity index (χ1v) is 28.2. The average molecular weight is 1200 g/mol. The van der Waals surface area contributed by atoms with Crippen LogP contribution in [0.3, 0.4) is 0 Å². The van der Waals surface area contributed by atoms with Gasteiger partial charge in [-0.05, 0) is 73.3 Å². The normalized spacial score (nSPS) is 15.5. The van der Waals surface area contributed by atoms with Gasteiger partial charge in [0, 0.05) is 44.9 Å². The van der Waals surface area contributed by atoms with Crippen molar-refractivity contribution in [1.82, 2.24) is 57.0 Å². The molecule has 2 heterocycles. The number of hydrogen-bond donors (Lipinski definition) is 10. The van der Waals surface area contributed by atoms with Crippen LogP contribution in [0.25, 0.3) is 0 Å². The number of aromatic hydroxyl groups is 1. The summed E-state index contributed by atoms with van der Waals surface area (Å²) in [7, 11) is 1.32. The van der Waals surface area contributed by atoms with Gasteiger partial charge in [-0.1, -0.05) is 107 Å². The number of carbonyl (C=O) groups is 9. The van der Waals surface area contributed by atoms with Crippen molar-refractivity contribution in [3.05, 3.63) is 130 Å². The van der Waals surface area contributed by atoms with Gasteiger partial charge < -0.3 is 72.3 Å². The Morgan fingerprint density at radius 2 is 1.38 bits per heavy atom. The first kappa shape index (κ1) is 67.2. The molecule has 0 radical (unpaired) electrons. The van der Waals surface area contributed by atoms with Crippen molar-refractivity contribution in [3.63, 3.8) is 0 Å². The summed E-state index contributed by atoms with van der Waals surface area (Å²) in [5.74, 6) is -7.82. The quantitative estimate of drug-likeness (QED) is 0.00850. The number of H-pyrrole nitrogens is 1. The van der Waals surface area contributed by atoms with Gasteiger partial charge in [0.05, 0.1) is 6.33 Å². The number of likely N-dealkylation sites (tertiary alicyclic amines) is 1. The Kier molecular flexibility index (Phi) is 26.2. The summed E-state index contributed by atoms with van der Waals surface area (Å²) in [5, 5.41) is 41.7. The highest BCUT2D eigenvalue weighted by Gasteiger charge is 2.41. The SMILES string of the molecule is CCC(C)[C@H](NC(=O)[C@H](Cc1ccc(O)cc1)NC(=O)[C@@H](NC(=O)[C@H](CCCN/C(N)=N\[N+](=O)[O-])NC(=O)CN(C)C(=O)OCc1ccccc1)C(C)C)C(=O)N[C@@H](Cc1cnc[nH]1)C(=O)N1CCC[C@H]1C(=O)N[C@H](C)C(=O)OCc1ccccc1. The van der Waals surface area contributed by atoms with Gasteiger partial charge in [-0.25, -0.2) is 24.7 Å². The predicted molar refractivity (Wildman–Crippen MR) is 312 cm³/mol. The summed E-state index contributed by atoms with van der Waals surface area (Å²) in [6.45, 7) is 7.68. The van der Waals surface area contributed by atoms with E-state index in [9.17, 15) is 58.4 Å². The minimum atomic E-state index is -1.45. The van der Waals surface area contributed by atoms with Crippen LogP contribution in [0.1, 0.15) is 89.1 Å². The Morgan fingerprint density at radius 1 is 0.779 bits per heavy atom. The Hall–Kier alpha value is -9.63. The van der Waals surface area contributed by atoms with E-state index in [-0.39, 0.29) is 64.2 Å². The summed E-state index contributed by atoms with van der Waals surface area (Å²) in [6.07, 6.45) is 2.74. The fraction of sp³-hybridized carbons (Fsp3) is 0.466. The van der Waals surface area contributed by atoms with Gasteiger partial charge in [-0.15, -0.1) is 0 Å². The van der Waals surface area contributed by atoms with Crippen LogP contribution in [0.15, 0.2) is 103 Å². The van der Waals surface area contributed by atoms with Crippen molar-refractivity contribution in [2.45, 2.75) is 135 Å². The third kappa shape index (κ3) is 21.5. The van der Waals surface area contributed by atoms with Crippen LogP contribution >= 0.6 is 0 Å². The second-order valence-corrected chi connectivity index (χ2v) is 21.2. The zero-order chi connectivity index (χ0) is 62.9. The molecule has 8 amide bonds. The molecule has 28 heteroatoms. The lowest BCUT2D eigenvalue weighted by molar-refractivity contribution is -0.485. The topological polar surface area (TPSA) is 393 Å². The lowest BCUT2D eigenvalue weighted by Gasteiger charge is -2.32. The minimum absolute atomic E-state index is 0.00947. The number of nitro groups is 1. The van der Waals surface area contributed by atoms with Gasteiger partial charge in [0.1, 0.15) is 72.9 Å². The molecule has 1 unspecified atom stereocenters. The number of nitrogens with one attached hydrogen (secondary N) is 8. The zero-order valence-electron chi connectivity index (χ0n) is 49.0. The standard InChI is InChI=1S/C58H78N14O14/c1-7-36(4)49(54(79)66-45(29-41-30-60-34-62-41)55(80)71-27-15-21-46(71)52(77)63-37(5)56(81)85-32-39-16-10-8-11-17-39)68-51(76)44(28-38-22-24-42(73)25-23-38)65-53(78)48(35(2)3)67-50(75)43(20-14-26-61-57(59)69-72(83)84)64-47(74)31-70(6)58(82)86-33-40-18-12-9-13-19-40/h8-13,16-19,22-25,30,34-37,43-46,48-49,73H,7,14-15,20-21,26-29,31-33H2,1-6H3,(H,60,62)(H,63,77)(H,64,74)(H,65,78)(H,66,79)(H,67,75)(H,68,76)(H3,59,61,69)/t36?,37-,43+,44+,45+,46+,48+,49+/m1/s1. The second kappa shape index (κ2) is 33.6. The number of nitrogens with two attached hydrogens (primary N) is 1. The van der Waals surface area contributed by atoms with Crippen LogP contribution in [0, 0.1) is 22.0 Å². The Morgan fingerprint density at radius 3 is 1.99 bits per heavy atom. The van der Waals surface area contributed by atoms with Gasteiger partial charge in [-0.3, -0.25) is 33.6 Å². The van der Waals surface area contributed by atoms with Crippen LogP contribution in [0.2, 0.25) is 0 Å². The molecule has 0 spiro atoms. The fourth-order valence-corrected chi connectivity index (χ4v) is 9.15. The molecule has 28 nitrogen and oxygen atoms in total. The largest absolute Gasteiger partial charge is 0.508 e. The molecule has 4 aromatic rings. The van der Waals surface area contributed by atoms with Gasteiger partial charge in [0.25, 0.3) is 5.96 Å². The van der Waals surface area contributed by atoms with Crippen LogP contribution in [-0.2, 0) is 73.9 Å². The average Bonchev–Trinajstić information content (AvgIpc) is 4.22.